The molecule has 0 aliphatic carbocycles. The molecule has 0 atom stereocenters. The Balaban J connectivity index is 1.29. The van der Waals surface area contributed by atoms with E-state index in [1.165, 1.54) is 0 Å². The average Bonchev–Trinajstić information content (AvgIpc) is 3.16. The van der Waals surface area contributed by atoms with Crippen LogP contribution in [0.4, 0.5) is 23.1 Å². The Labute approximate surface area is 191 Å². The molecule has 1 saturated heterocycles. The third kappa shape index (κ3) is 4.49. The van der Waals surface area contributed by atoms with Gasteiger partial charge in [-0.3, -0.25) is 9.20 Å². The van der Waals surface area contributed by atoms with E-state index in [1.807, 2.05) is 68.6 Å². The van der Waals surface area contributed by atoms with Crippen LogP contribution in [-0.4, -0.2) is 51.6 Å². The van der Waals surface area contributed by atoms with Gasteiger partial charge < -0.3 is 20.3 Å². The van der Waals surface area contributed by atoms with Gasteiger partial charge in [-0.15, -0.1) is 0 Å². The van der Waals surface area contributed by atoms with E-state index in [0.29, 0.717) is 36.2 Å². The lowest BCUT2D eigenvalue weighted by atomic mass is 10.2. The highest BCUT2D eigenvalue weighted by Gasteiger charge is 2.17. The molecule has 0 spiro atoms. The van der Waals surface area contributed by atoms with Crippen molar-refractivity contribution < 1.29 is 9.53 Å². The first-order valence-electron chi connectivity index (χ1n) is 10.9. The maximum atomic E-state index is 12.9. The van der Waals surface area contributed by atoms with Gasteiger partial charge >= 0.3 is 0 Å². The molecule has 9 heteroatoms. The largest absolute Gasteiger partial charge is 0.378 e. The molecule has 1 aliphatic rings. The minimum Gasteiger partial charge on any atom is -0.378 e. The monoisotopic (exact) mass is 443 g/mol. The Hall–Kier alpha value is -3.98. The number of ether oxygens (including phenoxy) is 1. The van der Waals surface area contributed by atoms with Gasteiger partial charge in [0, 0.05) is 42.4 Å². The van der Waals surface area contributed by atoms with Gasteiger partial charge in [-0.05, 0) is 50.2 Å². The SMILES string of the molecule is Cc1cc(N2CCOCC2)nc(Nc2ccc(NC(=O)c3c(C)nc4ccccn34)cc2)n1. The van der Waals surface area contributed by atoms with Crippen LogP contribution in [0.3, 0.4) is 0 Å². The van der Waals surface area contributed by atoms with Crippen molar-refractivity contribution >= 4 is 34.7 Å². The van der Waals surface area contributed by atoms with Gasteiger partial charge in [-0.1, -0.05) is 6.07 Å². The summed E-state index contributed by atoms with van der Waals surface area (Å²) < 4.78 is 7.23. The van der Waals surface area contributed by atoms with Crippen molar-refractivity contribution in [2.45, 2.75) is 13.8 Å². The normalized spacial score (nSPS) is 13.8. The number of amides is 1. The Morgan fingerprint density at radius 1 is 0.970 bits per heavy atom. The summed E-state index contributed by atoms with van der Waals surface area (Å²) >= 11 is 0. The van der Waals surface area contributed by atoms with Crippen LogP contribution in [0.25, 0.3) is 5.65 Å². The predicted octanol–water partition coefficient (Wildman–Crippen LogP) is 3.57. The third-order valence-corrected chi connectivity index (χ3v) is 5.49. The van der Waals surface area contributed by atoms with Crippen LogP contribution in [0.5, 0.6) is 0 Å². The summed E-state index contributed by atoms with van der Waals surface area (Å²) in [4.78, 5) is 28.7. The molecule has 5 rings (SSSR count). The number of imidazole rings is 1. The van der Waals surface area contributed by atoms with E-state index in [0.717, 1.165) is 35.9 Å². The minimum absolute atomic E-state index is 0.205. The number of carbonyl (C=O) groups excluding carboxylic acids is 1. The van der Waals surface area contributed by atoms with E-state index >= 15 is 0 Å². The second-order valence-corrected chi connectivity index (χ2v) is 7.92. The van der Waals surface area contributed by atoms with Gasteiger partial charge in [0.1, 0.15) is 17.2 Å². The molecule has 1 fully saturated rings. The maximum absolute atomic E-state index is 12.9. The Bertz CT molecular complexity index is 1290. The Morgan fingerprint density at radius 3 is 2.52 bits per heavy atom. The molecule has 9 nitrogen and oxygen atoms in total. The lowest BCUT2D eigenvalue weighted by Crippen LogP contribution is -2.36. The number of nitrogens with zero attached hydrogens (tertiary/aromatic N) is 5. The highest BCUT2D eigenvalue weighted by Crippen LogP contribution is 2.21. The van der Waals surface area contributed by atoms with Crippen molar-refractivity contribution in [2.24, 2.45) is 0 Å². The number of hydrogen-bond acceptors (Lipinski definition) is 7. The fourth-order valence-corrected chi connectivity index (χ4v) is 3.91. The highest BCUT2D eigenvalue weighted by molar-refractivity contribution is 6.04. The van der Waals surface area contributed by atoms with E-state index in [9.17, 15) is 4.79 Å². The van der Waals surface area contributed by atoms with E-state index in [1.54, 1.807) is 4.40 Å². The summed E-state index contributed by atoms with van der Waals surface area (Å²) in [5, 5.41) is 6.21. The van der Waals surface area contributed by atoms with Crippen molar-refractivity contribution in [2.75, 3.05) is 41.8 Å². The van der Waals surface area contributed by atoms with Crippen LogP contribution in [0.2, 0.25) is 0 Å². The topological polar surface area (TPSA) is 96.7 Å². The number of morpholine rings is 1. The molecular weight excluding hydrogens is 418 g/mol. The quantitative estimate of drug-likeness (QED) is 0.487. The number of fused-ring (bicyclic) bond motifs is 1. The van der Waals surface area contributed by atoms with Gasteiger partial charge in [-0.2, -0.15) is 4.98 Å². The molecule has 1 amide bonds. The Kier molecular flexibility index (Phi) is 5.62. The van der Waals surface area contributed by atoms with Crippen LogP contribution in [-0.2, 0) is 4.74 Å². The van der Waals surface area contributed by atoms with Crippen LogP contribution >= 0.6 is 0 Å². The summed E-state index contributed by atoms with van der Waals surface area (Å²) in [7, 11) is 0. The molecule has 0 radical (unpaired) electrons. The molecular formula is C24H25N7O2. The number of nitrogens with one attached hydrogen (secondary N) is 2. The first kappa shape index (κ1) is 20.9. The standard InChI is InChI=1S/C24H25N7O2/c1-16-15-21(30-11-13-33-14-12-30)29-24(25-16)28-19-8-6-18(7-9-19)27-23(32)22-17(2)26-20-5-3-4-10-31(20)22/h3-10,15H,11-14H2,1-2H3,(H,27,32)(H,25,28,29). The lowest BCUT2D eigenvalue weighted by Gasteiger charge is -2.28. The van der Waals surface area contributed by atoms with Gasteiger partial charge in [0.2, 0.25) is 5.95 Å². The van der Waals surface area contributed by atoms with Gasteiger partial charge in [0.15, 0.2) is 0 Å². The minimum atomic E-state index is -0.205. The van der Waals surface area contributed by atoms with Gasteiger partial charge in [0.05, 0.1) is 18.9 Å². The first-order chi connectivity index (χ1) is 16.1. The maximum Gasteiger partial charge on any atom is 0.274 e. The van der Waals surface area contributed by atoms with Crippen LogP contribution in [0, 0.1) is 13.8 Å². The number of pyridine rings is 1. The van der Waals surface area contributed by atoms with Crippen molar-refractivity contribution in [3.05, 3.63) is 71.8 Å². The summed E-state index contributed by atoms with van der Waals surface area (Å²) in [5.41, 5.74) is 4.37. The second kappa shape index (κ2) is 8.87. The molecule has 0 saturated carbocycles. The first-order valence-corrected chi connectivity index (χ1v) is 10.9. The highest BCUT2D eigenvalue weighted by atomic mass is 16.5. The van der Waals surface area contributed by atoms with E-state index in [2.05, 4.69) is 30.5 Å². The summed E-state index contributed by atoms with van der Waals surface area (Å²) in [5.74, 6) is 1.22. The third-order valence-electron chi connectivity index (χ3n) is 5.49. The molecule has 3 aromatic heterocycles. The van der Waals surface area contributed by atoms with Crippen LogP contribution in [0.15, 0.2) is 54.7 Å². The van der Waals surface area contributed by atoms with Crippen LogP contribution in [0.1, 0.15) is 21.9 Å². The molecule has 33 heavy (non-hydrogen) atoms. The molecule has 168 valence electrons. The van der Waals surface area contributed by atoms with E-state index in [4.69, 9.17) is 4.74 Å². The molecule has 1 aliphatic heterocycles. The van der Waals surface area contributed by atoms with Crippen molar-refractivity contribution in [3.8, 4) is 0 Å². The molecule has 2 N–H and O–H groups in total. The van der Waals surface area contributed by atoms with Crippen molar-refractivity contribution in [3.63, 3.8) is 0 Å². The zero-order valence-corrected chi connectivity index (χ0v) is 18.6. The van der Waals surface area contributed by atoms with E-state index < -0.39 is 0 Å². The number of aryl methyl sites for hydroxylation is 2. The average molecular weight is 444 g/mol. The fourth-order valence-electron chi connectivity index (χ4n) is 3.91. The van der Waals surface area contributed by atoms with Gasteiger partial charge in [0.25, 0.3) is 5.91 Å². The number of hydrogen-bond donors (Lipinski definition) is 2. The molecule has 4 heterocycles. The van der Waals surface area contributed by atoms with Crippen molar-refractivity contribution in [1.29, 1.82) is 0 Å². The van der Waals surface area contributed by atoms with E-state index in [-0.39, 0.29) is 5.91 Å². The second-order valence-electron chi connectivity index (χ2n) is 7.92. The summed E-state index contributed by atoms with van der Waals surface area (Å²) in [6.45, 7) is 6.83. The number of benzene rings is 1. The molecule has 0 unspecified atom stereocenters. The predicted molar refractivity (Wildman–Crippen MR) is 127 cm³/mol. The number of rotatable bonds is 5. The molecule has 0 bridgehead atoms. The molecule has 4 aromatic rings. The van der Waals surface area contributed by atoms with Gasteiger partial charge in [-0.25, -0.2) is 9.97 Å². The number of aromatic nitrogens is 4. The van der Waals surface area contributed by atoms with Crippen molar-refractivity contribution in [1.82, 2.24) is 19.4 Å². The zero-order valence-electron chi connectivity index (χ0n) is 18.6. The molecule has 1 aromatic carbocycles. The van der Waals surface area contributed by atoms with Crippen LogP contribution < -0.4 is 15.5 Å². The Morgan fingerprint density at radius 2 is 1.73 bits per heavy atom. The lowest BCUT2D eigenvalue weighted by molar-refractivity contribution is 0.102. The summed E-state index contributed by atoms with van der Waals surface area (Å²) in [6.07, 6.45) is 1.84. The fraction of sp³-hybridized carbons (Fsp3) is 0.250. The summed E-state index contributed by atoms with van der Waals surface area (Å²) in [6, 6.07) is 15.1. The smallest absolute Gasteiger partial charge is 0.274 e. The number of carbonyl (C=O) groups is 1. The zero-order chi connectivity index (χ0) is 22.8. The number of anilines is 4.